The zero-order valence-electron chi connectivity index (χ0n) is 11.5. The topological polar surface area (TPSA) is 20.2 Å². The van der Waals surface area contributed by atoms with Crippen LogP contribution in [0.15, 0.2) is 54.6 Å². The van der Waals surface area contributed by atoms with Gasteiger partial charge in [0, 0.05) is 5.56 Å². The van der Waals surface area contributed by atoms with Gasteiger partial charge in [0.15, 0.2) is 0 Å². The lowest BCUT2D eigenvalue weighted by atomic mass is 9.93. The van der Waals surface area contributed by atoms with E-state index in [-0.39, 0.29) is 5.82 Å². The first-order chi connectivity index (χ1) is 10.3. The van der Waals surface area contributed by atoms with E-state index in [1.807, 2.05) is 18.2 Å². The Kier molecular flexibility index (Phi) is 2.79. The monoisotopic (exact) mass is 278 g/mol. The van der Waals surface area contributed by atoms with E-state index in [0.717, 1.165) is 23.8 Å². The van der Waals surface area contributed by atoms with Gasteiger partial charge in [-0.25, -0.2) is 4.39 Å². The second-order valence-corrected chi connectivity index (χ2v) is 5.58. The van der Waals surface area contributed by atoms with Crippen molar-refractivity contribution in [1.29, 1.82) is 0 Å². The smallest absolute Gasteiger partial charge is 0.129 e. The van der Waals surface area contributed by atoms with Crippen molar-refractivity contribution in [2.45, 2.75) is 18.9 Å². The zero-order valence-corrected chi connectivity index (χ0v) is 11.5. The van der Waals surface area contributed by atoms with Crippen LogP contribution in [0.25, 0.3) is 10.8 Å². The highest BCUT2D eigenvalue weighted by atomic mass is 19.1. The van der Waals surface area contributed by atoms with Gasteiger partial charge in [-0.2, -0.15) is 0 Å². The van der Waals surface area contributed by atoms with E-state index in [0.29, 0.717) is 5.56 Å². The molecule has 0 radical (unpaired) electrons. The van der Waals surface area contributed by atoms with Gasteiger partial charge in [0.1, 0.15) is 11.9 Å². The van der Waals surface area contributed by atoms with E-state index in [2.05, 4.69) is 12.1 Å². The van der Waals surface area contributed by atoms with Crippen molar-refractivity contribution >= 4 is 10.8 Å². The SMILES string of the molecule is O[C@@H](c1ccccc1F)c1ccc2c3c(cccc13)CC2. The third-order valence-electron chi connectivity index (χ3n) is 4.41. The minimum absolute atomic E-state index is 0.330. The Hall–Kier alpha value is -2.19. The molecular formula is C19H15FO. The molecule has 3 aromatic carbocycles. The summed E-state index contributed by atoms with van der Waals surface area (Å²) in [6.07, 6.45) is 1.16. The molecule has 21 heavy (non-hydrogen) atoms. The average Bonchev–Trinajstić information content (AvgIpc) is 2.93. The maximum Gasteiger partial charge on any atom is 0.129 e. The Morgan fingerprint density at radius 2 is 1.57 bits per heavy atom. The van der Waals surface area contributed by atoms with Gasteiger partial charge in [0.05, 0.1) is 0 Å². The van der Waals surface area contributed by atoms with Crippen LogP contribution in [-0.2, 0) is 12.8 Å². The van der Waals surface area contributed by atoms with Crippen molar-refractivity contribution in [3.8, 4) is 0 Å². The Bertz CT molecular complexity index is 828. The Morgan fingerprint density at radius 3 is 2.38 bits per heavy atom. The van der Waals surface area contributed by atoms with Gasteiger partial charge >= 0.3 is 0 Å². The number of hydrogen-bond acceptors (Lipinski definition) is 1. The Morgan fingerprint density at radius 1 is 0.810 bits per heavy atom. The first-order valence-corrected chi connectivity index (χ1v) is 7.21. The van der Waals surface area contributed by atoms with E-state index in [4.69, 9.17) is 0 Å². The molecule has 0 saturated heterocycles. The summed E-state index contributed by atoms with van der Waals surface area (Å²) in [5, 5.41) is 12.9. The minimum atomic E-state index is -0.934. The highest BCUT2D eigenvalue weighted by molar-refractivity contribution is 5.93. The van der Waals surface area contributed by atoms with Crippen LogP contribution in [0.2, 0.25) is 0 Å². The standard InChI is InChI=1S/C19H15FO/c20-17-7-2-1-5-16(17)19(21)15-11-10-13-9-8-12-4-3-6-14(15)18(12)13/h1-7,10-11,19,21H,8-9H2/t19-/m1/s1. The predicted octanol–water partition coefficient (Wildman–Crippen LogP) is 4.16. The van der Waals surface area contributed by atoms with Crippen LogP contribution in [0.5, 0.6) is 0 Å². The fraction of sp³-hybridized carbons (Fsp3) is 0.158. The predicted molar refractivity (Wildman–Crippen MR) is 81.8 cm³/mol. The molecule has 0 spiro atoms. The van der Waals surface area contributed by atoms with Crippen LogP contribution in [0.3, 0.4) is 0 Å². The molecule has 104 valence electrons. The van der Waals surface area contributed by atoms with Gasteiger partial charge in [-0.1, -0.05) is 48.5 Å². The van der Waals surface area contributed by atoms with Crippen LogP contribution < -0.4 is 0 Å². The van der Waals surface area contributed by atoms with Crippen LogP contribution in [0.1, 0.15) is 28.4 Å². The van der Waals surface area contributed by atoms with Gasteiger partial charge in [0.2, 0.25) is 0 Å². The summed E-state index contributed by atoms with van der Waals surface area (Å²) in [4.78, 5) is 0. The molecule has 1 aliphatic carbocycles. The normalized spacial score (nSPS) is 14.6. The van der Waals surface area contributed by atoms with E-state index in [1.54, 1.807) is 18.2 Å². The number of benzene rings is 3. The Balaban J connectivity index is 1.94. The van der Waals surface area contributed by atoms with Crippen LogP contribution in [0, 0.1) is 5.82 Å². The van der Waals surface area contributed by atoms with Crippen molar-refractivity contribution in [3.05, 3.63) is 82.7 Å². The van der Waals surface area contributed by atoms with Gasteiger partial charge in [-0.15, -0.1) is 0 Å². The summed E-state index contributed by atoms with van der Waals surface area (Å²) in [7, 11) is 0. The highest BCUT2D eigenvalue weighted by Crippen LogP contribution is 2.36. The largest absolute Gasteiger partial charge is 0.384 e. The second-order valence-electron chi connectivity index (χ2n) is 5.58. The molecule has 1 atom stereocenters. The molecule has 0 fully saturated rings. The molecule has 0 aromatic heterocycles. The third kappa shape index (κ3) is 1.87. The number of aliphatic hydroxyl groups excluding tert-OH is 1. The van der Waals surface area contributed by atoms with Crippen LogP contribution in [-0.4, -0.2) is 5.11 Å². The molecule has 0 aliphatic heterocycles. The zero-order chi connectivity index (χ0) is 14.4. The number of hydrogen-bond donors (Lipinski definition) is 1. The molecule has 0 amide bonds. The van der Waals surface area contributed by atoms with E-state index in [1.165, 1.54) is 22.6 Å². The fourth-order valence-electron chi connectivity index (χ4n) is 3.37. The fourth-order valence-corrected chi connectivity index (χ4v) is 3.37. The summed E-state index contributed by atoms with van der Waals surface area (Å²) in [6, 6.07) is 16.6. The van der Waals surface area contributed by atoms with Crippen molar-refractivity contribution in [1.82, 2.24) is 0 Å². The first-order valence-electron chi connectivity index (χ1n) is 7.21. The molecule has 1 aliphatic rings. The average molecular weight is 278 g/mol. The summed E-state index contributed by atoms with van der Waals surface area (Å²) in [6.45, 7) is 0. The summed E-state index contributed by atoms with van der Waals surface area (Å²) in [5.74, 6) is -0.367. The molecule has 3 aromatic rings. The summed E-state index contributed by atoms with van der Waals surface area (Å²) >= 11 is 0. The quantitative estimate of drug-likeness (QED) is 0.746. The lowest BCUT2D eigenvalue weighted by Gasteiger charge is -2.16. The highest BCUT2D eigenvalue weighted by Gasteiger charge is 2.21. The van der Waals surface area contributed by atoms with Gasteiger partial charge in [-0.05, 0) is 46.4 Å². The van der Waals surface area contributed by atoms with E-state index < -0.39 is 6.10 Å². The van der Waals surface area contributed by atoms with Crippen molar-refractivity contribution in [3.63, 3.8) is 0 Å². The Labute approximate surface area is 122 Å². The second kappa shape index (κ2) is 4.68. The lowest BCUT2D eigenvalue weighted by Crippen LogP contribution is -2.03. The molecule has 1 nitrogen and oxygen atoms in total. The van der Waals surface area contributed by atoms with Crippen molar-refractivity contribution < 1.29 is 9.50 Å². The molecule has 0 heterocycles. The van der Waals surface area contributed by atoms with Gasteiger partial charge < -0.3 is 5.11 Å². The number of halogens is 1. The maximum absolute atomic E-state index is 13.9. The molecule has 1 N–H and O–H groups in total. The van der Waals surface area contributed by atoms with E-state index >= 15 is 0 Å². The summed E-state index contributed by atoms with van der Waals surface area (Å²) < 4.78 is 13.9. The molecule has 4 rings (SSSR count). The molecule has 0 bridgehead atoms. The first kappa shape index (κ1) is 12.5. The number of aliphatic hydroxyl groups is 1. The van der Waals surface area contributed by atoms with Crippen molar-refractivity contribution in [2.75, 3.05) is 0 Å². The maximum atomic E-state index is 13.9. The lowest BCUT2D eigenvalue weighted by molar-refractivity contribution is 0.216. The number of rotatable bonds is 2. The third-order valence-corrected chi connectivity index (χ3v) is 4.41. The molecule has 2 heteroatoms. The van der Waals surface area contributed by atoms with Crippen LogP contribution in [0.4, 0.5) is 4.39 Å². The van der Waals surface area contributed by atoms with Gasteiger partial charge in [-0.3, -0.25) is 0 Å². The molecule has 0 unspecified atom stereocenters. The van der Waals surface area contributed by atoms with Crippen LogP contribution >= 0.6 is 0 Å². The van der Waals surface area contributed by atoms with Crippen molar-refractivity contribution in [2.24, 2.45) is 0 Å². The van der Waals surface area contributed by atoms with E-state index in [9.17, 15) is 9.50 Å². The molecule has 0 saturated carbocycles. The minimum Gasteiger partial charge on any atom is -0.384 e. The number of aryl methyl sites for hydroxylation is 2. The summed E-state index contributed by atoms with van der Waals surface area (Å²) in [5.41, 5.74) is 3.76. The van der Waals surface area contributed by atoms with Gasteiger partial charge in [0.25, 0.3) is 0 Å². The molecular weight excluding hydrogens is 263 g/mol.